The molecule has 0 spiro atoms. The van der Waals surface area contributed by atoms with E-state index in [1.54, 1.807) is 18.4 Å². The second-order valence-corrected chi connectivity index (χ2v) is 8.22. The van der Waals surface area contributed by atoms with E-state index in [0.29, 0.717) is 35.7 Å². The van der Waals surface area contributed by atoms with Gasteiger partial charge in [-0.15, -0.1) is 0 Å². The lowest BCUT2D eigenvalue weighted by atomic mass is 9.69. The predicted molar refractivity (Wildman–Crippen MR) is 91.5 cm³/mol. The molecular weight excluding hydrogens is 318 g/mol. The van der Waals surface area contributed by atoms with Crippen LogP contribution in [-0.4, -0.2) is 22.1 Å². The first-order valence-corrected chi connectivity index (χ1v) is 9.06. The summed E-state index contributed by atoms with van der Waals surface area (Å²) in [6.45, 7) is 7.04. The molecule has 25 heavy (non-hydrogen) atoms. The van der Waals surface area contributed by atoms with E-state index < -0.39 is 0 Å². The van der Waals surface area contributed by atoms with Gasteiger partial charge in [0.15, 0.2) is 5.76 Å². The van der Waals surface area contributed by atoms with Crippen LogP contribution in [0.1, 0.15) is 52.3 Å². The summed E-state index contributed by atoms with van der Waals surface area (Å²) in [5.74, 6) is 2.22. The maximum Gasteiger partial charge on any atom is 0.238 e. The van der Waals surface area contributed by atoms with Crippen molar-refractivity contribution in [3.05, 3.63) is 24.3 Å². The molecular formula is C19H25N3O3. The van der Waals surface area contributed by atoms with Crippen molar-refractivity contribution < 1.29 is 13.7 Å². The number of rotatable bonds is 5. The van der Waals surface area contributed by atoms with Gasteiger partial charge >= 0.3 is 0 Å². The molecule has 3 atom stereocenters. The van der Waals surface area contributed by atoms with Gasteiger partial charge in [-0.25, -0.2) is 0 Å². The number of carbonyl (C=O) groups excluding carboxylic acids is 1. The van der Waals surface area contributed by atoms with Crippen LogP contribution in [0.15, 0.2) is 27.3 Å². The third-order valence-electron chi connectivity index (χ3n) is 6.90. The number of carbonyl (C=O) groups is 1. The fourth-order valence-electron chi connectivity index (χ4n) is 4.77. The van der Waals surface area contributed by atoms with Crippen LogP contribution in [0.4, 0.5) is 0 Å². The monoisotopic (exact) mass is 343 g/mol. The molecule has 1 amide bonds. The summed E-state index contributed by atoms with van der Waals surface area (Å²) in [5.41, 5.74) is 0.500. The number of furan rings is 1. The average Bonchev–Trinajstić information content (AvgIpc) is 3.31. The highest BCUT2D eigenvalue weighted by molar-refractivity contribution is 5.76. The van der Waals surface area contributed by atoms with Crippen LogP contribution in [-0.2, 0) is 11.2 Å². The molecule has 134 valence electrons. The molecule has 6 nitrogen and oxygen atoms in total. The number of hydrogen-bond acceptors (Lipinski definition) is 5. The molecule has 0 saturated heterocycles. The number of aromatic nitrogens is 2. The molecule has 2 fully saturated rings. The van der Waals surface area contributed by atoms with E-state index in [0.717, 1.165) is 12.3 Å². The van der Waals surface area contributed by atoms with E-state index in [4.69, 9.17) is 8.94 Å². The van der Waals surface area contributed by atoms with Crippen molar-refractivity contribution in [2.75, 3.05) is 0 Å². The first kappa shape index (κ1) is 16.4. The molecule has 1 N–H and O–H groups in total. The van der Waals surface area contributed by atoms with E-state index in [-0.39, 0.29) is 17.4 Å². The van der Waals surface area contributed by atoms with E-state index in [1.807, 2.05) is 0 Å². The van der Waals surface area contributed by atoms with Crippen LogP contribution in [0.2, 0.25) is 0 Å². The lowest BCUT2D eigenvalue weighted by molar-refractivity contribution is -0.122. The van der Waals surface area contributed by atoms with Gasteiger partial charge in [-0.1, -0.05) is 25.9 Å². The molecule has 2 aromatic rings. The van der Waals surface area contributed by atoms with Crippen LogP contribution in [0.5, 0.6) is 0 Å². The van der Waals surface area contributed by atoms with E-state index in [1.165, 1.54) is 12.8 Å². The zero-order valence-electron chi connectivity index (χ0n) is 15.0. The molecule has 6 heteroatoms. The van der Waals surface area contributed by atoms with Crippen LogP contribution in [0, 0.1) is 16.7 Å². The van der Waals surface area contributed by atoms with Gasteiger partial charge in [0.05, 0.1) is 6.26 Å². The summed E-state index contributed by atoms with van der Waals surface area (Å²) >= 11 is 0. The molecule has 2 aliphatic carbocycles. The van der Waals surface area contributed by atoms with Gasteiger partial charge in [-0.2, -0.15) is 4.98 Å². The maximum atomic E-state index is 12.4. The van der Waals surface area contributed by atoms with Crippen molar-refractivity contribution in [3.63, 3.8) is 0 Å². The van der Waals surface area contributed by atoms with Gasteiger partial charge in [0.25, 0.3) is 0 Å². The highest BCUT2D eigenvalue weighted by Crippen LogP contribution is 2.65. The highest BCUT2D eigenvalue weighted by atomic mass is 16.5. The first-order chi connectivity index (χ1) is 11.9. The number of aryl methyl sites for hydroxylation is 1. The maximum absolute atomic E-state index is 12.4. The molecule has 0 aromatic carbocycles. The summed E-state index contributed by atoms with van der Waals surface area (Å²) in [7, 11) is 0. The van der Waals surface area contributed by atoms with Crippen molar-refractivity contribution in [2.45, 2.75) is 58.9 Å². The third-order valence-corrected chi connectivity index (χ3v) is 6.90. The van der Waals surface area contributed by atoms with E-state index >= 15 is 0 Å². The standard InChI is InChI=1S/C19H25N3O3/c1-18(2)12-8-9-19(18,3)14(11-12)20-15(23)6-7-16-21-17(22-25-16)13-5-4-10-24-13/h4-5,10,12,14H,6-9,11H2,1-3H3,(H,20,23)/t12-,14+,19-/m0/s1. The van der Waals surface area contributed by atoms with Gasteiger partial charge in [0, 0.05) is 18.9 Å². The predicted octanol–water partition coefficient (Wildman–Crippen LogP) is 3.59. The van der Waals surface area contributed by atoms with Crippen molar-refractivity contribution >= 4 is 5.91 Å². The Bertz CT molecular complexity index is 765. The molecule has 2 bridgehead atoms. The largest absolute Gasteiger partial charge is 0.461 e. The molecule has 2 heterocycles. The Kier molecular flexibility index (Phi) is 3.74. The smallest absolute Gasteiger partial charge is 0.238 e. The van der Waals surface area contributed by atoms with Crippen molar-refractivity contribution in [1.29, 1.82) is 0 Å². The molecule has 0 radical (unpaired) electrons. The number of nitrogens with one attached hydrogen (secondary N) is 1. The summed E-state index contributed by atoms with van der Waals surface area (Å²) in [5, 5.41) is 7.15. The Labute approximate surface area is 147 Å². The fourth-order valence-corrected chi connectivity index (χ4v) is 4.77. The van der Waals surface area contributed by atoms with Gasteiger partial charge in [-0.3, -0.25) is 4.79 Å². The second-order valence-electron chi connectivity index (χ2n) is 8.22. The number of hydrogen-bond donors (Lipinski definition) is 1. The van der Waals surface area contributed by atoms with Gasteiger partial charge in [0.2, 0.25) is 17.6 Å². The minimum absolute atomic E-state index is 0.0623. The molecule has 0 aliphatic heterocycles. The van der Waals surface area contributed by atoms with Crippen molar-refractivity contribution in [2.24, 2.45) is 16.7 Å². The summed E-state index contributed by atoms with van der Waals surface area (Å²) in [6, 6.07) is 3.82. The van der Waals surface area contributed by atoms with E-state index in [2.05, 4.69) is 36.2 Å². The number of fused-ring (bicyclic) bond motifs is 2. The SMILES string of the molecule is CC1(C)[C@H]2CC[C@@]1(C)[C@H](NC(=O)CCc1nc(-c3ccco3)no1)C2. The van der Waals surface area contributed by atoms with Crippen LogP contribution in [0.25, 0.3) is 11.6 Å². The topological polar surface area (TPSA) is 81.2 Å². The molecule has 0 unspecified atom stereocenters. The summed E-state index contributed by atoms with van der Waals surface area (Å²) < 4.78 is 10.5. The van der Waals surface area contributed by atoms with Crippen LogP contribution < -0.4 is 5.32 Å². The first-order valence-electron chi connectivity index (χ1n) is 9.06. The lowest BCUT2D eigenvalue weighted by Gasteiger charge is -2.39. The minimum Gasteiger partial charge on any atom is -0.461 e. The normalized spacial score (nSPS) is 29.9. The Morgan fingerprint density at radius 2 is 2.24 bits per heavy atom. The van der Waals surface area contributed by atoms with Crippen molar-refractivity contribution in [3.8, 4) is 11.6 Å². The highest BCUT2D eigenvalue weighted by Gasteiger charge is 2.61. The van der Waals surface area contributed by atoms with Crippen molar-refractivity contribution in [1.82, 2.24) is 15.5 Å². The zero-order chi connectivity index (χ0) is 17.7. The molecule has 2 saturated carbocycles. The van der Waals surface area contributed by atoms with Crippen LogP contribution in [0.3, 0.4) is 0 Å². The third kappa shape index (κ3) is 2.58. The molecule has 4 rings (SSSR count). The Morgan fingerprint density at radius 3 is 2.88 bits per heavy atom. The Morgan fingerprint density at radius 1 is 1.40 bits per heavy atom. The second kappa shape index (κ2) is 5.71. The summed E-state index contributed by atoms with van der Waals surface area (Å²) in [6.07, 6.45) is 5.95. The fraction of sp³-hybridized carbons (Fsp3) is 0.632. The molecule has 2 aromatic heterocycles. The Balaban J connectivity index is 1.33. The van der Waals surface area contributed by atoms with Gasteiger partial charge in [-0.05, 0) is 48.1 Å². The number of amides is 1. The average molecular weight is 343 g/mol. The minimum atomic E-state index is 0.0623. The van der Waals surface area contributed by atoms with Gasteiger partial charge in [0.1, 0.15) is 0 Å². The van der Waals surface area contributed by atoms with Crippen LogP contribution >= 0.6 is 0 Å². The lowest BCUT2D eigenvalue weighted by Crippen LogP contribution is -2.46. The number of nitrogens with zero attached hydrogens (tertiary/aromatic N) is 2. The van der Waals surface area contributed by atoms with E-state index in [9.17, 15) is 4.79 Å². The van der Waals surface area contributed by atoms with Gasteiger partial charge < -0.3 is 14.3 Å². The molecule has 2 aliphatic rings. The quantitative estimate of drug-likeness (QED) is 0.897. The summed E-state index contributed by atoms with van der Waals surface area (Å²) in [4.78, 5) is 16.7. The Hall–Kier alpha value is -2.11. The zero-order valence-corrected chi connectivity index (χ0v) is 15.0.